The minimum absolute atomic E-state index is 0.00231. The molecule has 2 aromatic heterocycles. The number of nitrogens with one attached hydrogen (secondary N) is 1. The van der Waals surface area contributed by atoms with E-state index < -0.39 is 32.1 Å². The third kappa shape index (κ3) is 9.27. The number of piperidine rings is 2. The van der Waals surface area contributed by atoms with E-state index >= 15 is 0 Å². The van der Waals surface area contributed by atoms with Crippen LogP contribution in [0.4, 0.5) is 5.82 Å². The van der Waals surface area contributed by atoms with Gasteiger partial charge >= 0.3 is 5.97 Å². The summed E-state index contributed by atoms with van der Waals surface area (Å²) in [5.41, 5.74) is 0.695. The molecule has 2 aliphatic rings. The molecule has 2 aliphatic heterocycles. The van der Waals surface area contributed by atoms with Gasteiger partial charge in [0.1, 0.15) is 25.3 Å². The van der Waals surface area contributed by atoms with Gasteiger partial charge in [0, 0.05) is 36.8 Å². The van der Waals surface area contributed by atoms with Crippen molar-refractivity contribution < 1.29 is 26.7 Å². The number of thiophene rings is 1. The maximum Gasteiger partial charge on any atom is 0.322 e. The molecule has 2 fully saturated rings. The smallest absolute Gasteiger partial charge is 0.322 e. The monoisotopic (exact) mass is 806 g/mol. The van der Waals surface area contributed by atoms with E-state index in [1.807, 2.05) is 0 Å². The molecule has 0 amide bonds. The van der Waals surface area contributed by atoms with Crippen LogP contribution in [0, 0.1) is 11.8 Å². The third-order valence-corrected chi connectivity index (χ3v) is 15.5. The first-order valence-electron chi connectivity index (χ1n) is 15.5. The molecule has 0 aliphatic carbocycles. The van der Waals surface area contributed by atoms with Crippen LogP contribution in [0.3, 0.4) is 0 Å². The summed E-state index contributed by atoms with van der Waals surface area (Å²) in [4.78, 5) is 18.1. The highest BCUT2D eigenvalue weighted by Crippen LogP contribution is 2.37. The summed E-state index contributed by atoms with van der Waals surface area (Å²) in [6.45, 7) is 2.55. The van der Waals surface area contributed by atoms with Crippen molar-refractivity contribution in [2.24, 2.45) is 11.8 Å². The van der Waals surface area contributed by atoms with E-state index in [0.717, 1.165) is 69.4 Å². The Kier molecular flexibility index (Phi) is 12.3. The highest BCUT2D eigenvalue weighted by atomic mass is 79.9. The van der Waals surface area contributed by atoms with Crippen molar-refractivity contribution in [1.29, 1.82) is 0 Å². The average molecular weight is 809 g/mol. The fraction of sp³-hybridized carbons (Fsp3) is 0.484. The second kappa shape index (κ2) is 15.8. The average Bonchev–Trinajstić information content (AvgIpc) is 3.40. The summed E-state index contributed by atoms with van der Waals surface area (Å²) in [7, 11) is -7.70. The van der Waals surface area contributed by atoms with Crippen molar-refractivity contribution in [3.05, 3.63) is 68.1 Å². The Balaban J connectivity index is 1.06. The fourth-order valence-electron chi connectivity index (χ4n) is 6.23. The van der Waals surface area contributed by atoms with Gasteiger partial charge in [0.2, 0.25) is 10.0 Å². The molecule has 0 radical (unpaired) electrons. The van der Waals surface area contributed by atoms with Crippen LogP contribution < -0.4 is 9.62 Å². The van der Waals surface area contributed by atoms with Crippen LogP contribution in [0.1, 0.15) is 50.5 Å². The molecule has 1 atom stereocenters. The number of carboxylic acids is 1. The van der Waals surface area contributed by atoms with Gasteiger partial charge in [-0.1, -0.05) is 72.8 Å². The van der Waals surface area contributed by atoms with Gasteiger partial charge in [0.25, 0.3) is 10.0 Å². The number of pyridine rings is 1. The number of halogens is 3. The second-order valence-corrected chi connectivity index (χ2v) is 18.9. The number of carboxylic acid groups (broad SMARTS) is 1. The summed E-state index contributed by atoms with van der Waals surface area (Å²) in [6.07, 6.45) is 8.14. The van der Waals surface area contributed by atoms with Crippen molar-refractivity contribution in [1.82, 2.24) is 14.0 Å². The van der Waals surface area contributed by atoms with E-state index in [1.54, 1.807) is 40.7 Å². The Morgan fingerprint density at radius 3 is 2.17 bits per heavy atom. The molecule has 1 unspecified atom stereocenters. The normalized spacial score (nSPS) is 18.0. The van der Waals surface area contributed by atoms with Crippen molar-refractivity contribution in [2.75, 3.05) is 31.1 Å². The maximum atomic E-state index is 13.0. The Labute approximate surface area is 298 Å². The molecule has 47 heavy (non-hydrogen) atoms. The molecule has 2 N–H and O–H groups in total. The van der Waals surface area contributed by atoms with Crippen LogP contribution >= 0.6 is 50.5 Å². The molecule has 2 saturated heterocycles. The number of aromatic nitrogens is 1. The molecule has 5 rings (SSSR count). The lowest BCUT2D eigenvalue weighted by molar-refractivity contribution is -0.138. The minimum Gasteiger partial charge on any atom is -0.480 e. The van der Waals surface area contributed by atoms with Crippen molar-refractivity contribution in [2.45, 2.75) is 66.5 Å². The maximum absolute atomic E-state index is 13.0. The SMILES string of the molecule is O=C(O)C(Cc1ccccc1)NS(=O)(=O)c1cnc(N2CCC(CCCC3CCN(S(=O)(=O)c4cc(Br)c(Cl)s4)CC3)CC2)c(Cl)c1. The first-order valence-corrected chi connectivity index (χ1v) is 20.8. The first kappa shape index (κ1) is 36.5. The number of hydrogen-bond acceptors (Lipinski definition) is 8. The predicted molar refractivity (Wildman–Crippen MR) is 188 cm³/mol. The molecule has 1 aromatic carbocycles. The summed E-state index contributed by atoms with van der Waals surface area (Å²) in [6, 6.07) is 10.4. The van der Waals surface area contributed by atoms with Gasteiger partial charge in [0.15, 0.2) is 0 Å². The zero-order chi connectivity index (χ0) is 33.8. The van der Waals surface area contributed by atoms with Crippen LogP contribution in [0.2, 0.25) is 9.36 Å². The van der Waals surface area contributed by atoms with E-state index in [0.29, 0.717) is 45.1 Å². The first-order chi connectivity index (χ1) is 22.3. The zero-order valence-corrected chi connectivity index (χ0v) is 31.1. The summed E-state index contributed by atoms with van der Waals surface area (Å²) >= 11 is 17.0. The molecule has 3 aromatic rings. The van der Waals surface area contributed by atoms with Crippen molar-refractivity contribution >= 4 is 82.3 Å². The fourth-order valence-corrected chi connectivity index (χ4v) is 11.7. The standard InChI is InChI=1S/C31H37BrCl2N4O6S3/c32-25-19-28(45-29(25)34)47(43,44)38-15-11-22(12-16-38)8-4-7-21-9-13-37(14-10-21)30-26(33)18-24(20-35-30)46(41,42)36-27(31(39)40)17-23-5-2-1-3-6-23/h1-3,5-6,18-22,27,36H,4,7-17H2,(H,39,40). The Morgan fingerprint density at radius 1 is 1.00 bits per heavy atom. The number of sulfonamides is 2. The van der Waals surface area contributed by atoms with Crippen LogP contribution in [0.25, 0.3) is 0 Å². The van der Waals surface area contributed by atoms with E-state index in [9.17, 15) is 26.7 Å². The highest BCUT2D eigenvalue weighted by molar-refractivity contribution is 9.10. The minimum atomic E-state index is -4.18. The van der Waals surface area contributed by atoms with Gasteiger partial charge in [-0.2, -0.15) is 9.03 Å². The molecule has 4 heterocycles. The Bertz CT molecular complexity index is 1740. The lowest BCUT2D eigenvalue weighted by Gasteiger charge is -2.34. The summed E-state index contributed by atoms with van der Waals surface area (Å²) in [5.74, 6) is 0.314. The lowest BCUT2D eigenvalue weighted by Crippen LogP contribution is -2.42. The lowest BCUT2D eigenvalue weighted by atomic mass is 9.87. The van der Waals surface area contributed by atoms with E-state index in [-0.39, 0.29) is 20.5 Å². The van der Waals surface area contributed by atoms with E-state index in [1.165, 1.54) is 12.3 Å². The van der Waals surface area contributed by atoms with Gasteiger partial charge in [-0.15, -0.1) is 11.3 Å². The molecule has 0 saturated carbocycles. The van der Waals surface area contributed by atoms with Gasteiger partial charge in [-0.05, 0) is 77.6 Å². The molecule has 256 valence electrons. The Morgan fingerprint density at radius 2 is 1.62 bits per heavy atom. The number of benzene rings is 1. The molecular formula is C31H37BrCl2N4O6S3. The number of rotatable bonds is 13. The van der Waals surface area contributed by atoms with Gasteiger partial charge < -0.3 is 10.0 Å². The molecule has 0 spiro atoms. The van der Waals surface area contributed by atoms with Crippen LogP contribution in [0.5, 0.6) is 0 Å². The van der Waals surface area contributed by atoms with Gasteiger partial charge in [-0.25, -0.2) is 21.8 Å². The van der Waals surface area contributed by atoms with Crippen molar-refractivity contribution in [3.8, 4) is 0 Å². The highest BCUT2D eigenvalue weighted by Gasteiger charge is 2.32. The summed E-state index contributed by atoms with van der Waals surface area (Å²) < 4.78 is 57.3. The number of hydrogen-bond donors (Lipinski definition) is 2. The Hall–Kier alpha value is -1.78. The third-order valence-electron chi connectivity index (χ3n) is 8.91. The molecule has 0 bridgehead atoms. The molecular weight excluding hydrogens is 771 g/mol. The van der Waals surface area contributed by atoms with Crippen LogP contribution in [0.15, 0.2) is 62.2 Å². The number of anilines is 1. The van der Waals surface area contributed by atoms with Crippen LogP contribution in [-0.4, -0.2) is 69.4 Å². The van der Waals surface area contributed by atoms with E-state index in [2.05, 4.69) is 30.5 Å². The second-order valence-electron chi connectivity index (χ2n) is 12.1. The zero-order valence-electron chi connectivity index (χ0n) is 25.5. The largest absolute Gasteiger partial charge is 0.480 e. The quantitative estimate of drug-likeness (QED) is 0.196. The van der Waals surface area contributed by atoms with Gasteiger partial charge in [0.05, 0.1) is 5.02 Å². The molecule has 16 heteroatoms. The van der Waals surface area contributed by atoms with Gasteiger partial charge in [-0.3, -0.25) is 4.79 Å². The number of carbonyl (C=O) groups is 1. The number of aliphatic carboxylic acids is 1. The van der Waals surface area contributed by atoms with E-state index in [4.69, 9.17) is 23.2 Å². The van der Waals surface area contributed by atoms with Crippen molar-refractivity contribution in [3.63, 3.8) is 0 Å². The summed E-state index contributed by atoms with van der Waals surface area (Å²) in [5, 5.41) is 9.83. The number of nitrogens with zero attached hydrogens (tertiary/aromatic N) is 3. The topological polar surface area (TPSA) is 137 Å². The molecule has 10 nitrogen and oxygen atoms in total. The van der Waals surface area contributed by atoms with Crippen LogP contribution in [-0.2, 0) is 31.3 Å². The predicted octanol–water partition coefficient (Wildman–Crippen LogP) is 6.67.